The van der Waals surface area contributed by atoms with E-state index in [0.717, 1.165) is 22.4 Å². The zero-order valence-corrected chi connectivity index (χ0v) is 15.2. The minimum absolute atomic E-state index is 0.0739. The van der Waals surface area contributed by atoms with E-state index in [1.807, 2.05) is 24.3 Å². The Morgan fingerprint density at radius 3 is 2.70 bits per heavy atom. The normalized spacial score (nSPS) is 17.1. The molecule has 2 aromatic carbocycles. The highest BCUT2D eigenvalue weighted by molar-refractivity contribution is 5.92. The molecule has 6 nitrogen and oxygen atoms in total. The van der Waals surface area contributed by atoms with Gasteiger partial charge in [-0.15, -0.1) is 0 Å². The lowest BCUT2D eigenvalue weighted by molar-refractivity contribution is 0.0398. The van der Waals surface area contributed by atoms with E-state index in [1.165, 1.54) is 13.2 Å². The summed E-state index contributed by atoms with van der Waals surface area (Å²) in [4.78, 5) is 2.19. The number of anilines is 1. The summed E-state index contributed by atoms with van der Waals surface area (Å²) in [5.74, 6) is 0.552. The third-order valence-corrected chi connectivity index (χ3v) is 4.79. The number of fused-ring (bicyclic) bond motifs is 1. The molecular weight excluding hydrogens is 349 g/mol. The molecule has 1 unspecified atom stereocenters. The Labute approximate surface area is 156 Å². The highest BCUT2D eigenvalue weighted by atomic mass is 19.1. The molecule has 1 aromatic heterocycles. The number of hydrogen-bond donors (Lipinski definition) is 0. The molecule has 4 rings (SSSR count). The largest absolute Gasteiger partial charge is 0.497 e. The number of aromatic nitrogens is 2. The van der Waals surface area contributed by atoms with Crippen LogP contribution in [0.3, 0.4) is 0 Å². The Hall–Kier alpha value is -2.93. The average Bonchev–Trinajstić information content (AvgIpc) is 2.73. The van der Waals surface area contributed by atoms with Crippen LogP contribution < -0.4 is 14.4 Å². The van der Waals surface area contributed by atoms with E-state index >= 15 is 0 Å². The molecule has 0 saturated carbocycles. The summed E-state index contributed by atoms with van der Waals surface area (Å²) in [6, 6.07) is 10.9. The first-order valence-electron chi connectivity index (χ1n) is 8.69. The second-order valence-corrected chi connectivity index (χ2v) is 6.31. The first kappa shape index (κ1) is 17.5. The van der Waals surface area contributed by atoms with Crippen molar-refractivity contribution in [2.45, 2.75) is 6.10 Å². The second kappa shape index (κ2) is 7.36. The van der Waals surface area contributed by atoms with Crippen molar-refractivity contribution >= 4 is 16.6 Å². The average molecular weight is 369 g/mol. The molecule has 0 N–H and O–H groups in total. The topological polar surface area (TPSA) is 56.7 Å². The van der Waals surface area contributed by atoms with Crippen LogP contribution in [0, 0.1) is 5.82 Å². The summed E-state index contributed by atoms with van der Waals surface area (Å²) < 4.78 is 30.3. The van der Waals surface area contributed by atoms with Crippen LogP contribution in [0.15, 0.2) is 42.6 Å². The lowest BCUT2D eigenvalue weighted by Crippen LogP contribution is -2.38. The van der Waals surface area contributed by atoms with E-state index < -0.39 is 5.82 Å². The van der Waals surface area contributed by atoms with E-state index in [1.54, 1.807) is 19.4 Å². The van der Waals surface area contributed by atoms with Crippen LogP contribution in [0.25, 0.3) is 10.9 Å². The van der Waals surface area contributed by atoms with Crippen LogP contribution in [0.2, 0.25) is 0 Å². The molecule has 0 bridgehead atoms. The van der Waals surface area contributed by atoms with E-state index in [-0.39, 0.29) is 11.9 Å². The van der Waals surface area contributed by atoms with Crippen LogP contribution >= 0.6 is 0 Å². The number of rotatable bonds is 4. The van der Waals surface area contributed by atoms with Crippen molar-refractivity contribution in [3.05, 3.63) is 54.0 Å². The Bertz CT molecular complexity index is 949. The molecule has 0 radical (unpaired) electrons. The highest BCUT2D eigenvalue weighted by Gasteiger charge is 2.24. The Kier molecular flexibility index (Phi) is 4.77. The molecule has 3 aromatic rings. The number of morpholine rings is 1. The van der Waals surface area contributed by atoms with Crippen LogP contribution in [0.4, 0.5) is 10.1 Å². The molecule has 1 atom stereocenters. The zero-order valence-electron chi connectivity index (χ0n) is 15.2. The molecule has 1 aliphatic rings. The summed E-state index contributed by atoms with van der Waals surface area (Å²) in [5, 5.41) is 8.90. The van der Waals surface area contributed by atoms with Crippen molar-refractivity contribution in [2.24, 2.45) is 0 Å². The molecule has 0 amide bonds. The van der Waals surface area contributed by atoms with Gasteiger partial charge in [-0.3, -0.25) is 0 Å². The van der Waals surface area contributed by atoms with Crippen molar-refractivity contribution in [2.75, 3.05) is 38.8 Å². The predicted molar refractivity (Wildman–Crippen MR) is 99.9 cm³/mol. The van der Waals surface area contributed by atoms with Gasteiger partial charge < -0.3 is 19.1 Å². The standard InChI is InChI=1S/C20H20FN3O3/c1-25-14-5-3-13(4-6-14)20-12-24(7-8-27-20)18-11-22-23-17-10-16(21)19(26-2)9-15(17)18/h3-6,9-11,20H,7-8,12H2,1-2H3. The summed E-state index contributed by atoms with van der Waals surface area (Å²) in [6.45, 7) is 1.96. The van der Waals surface area contributed by atoms with Gasteiger partial charge >= 0.3 is 0 Å². The van der Waals surface area contributed by atoms with Gasteiger partial charge in [-0.2, -0.15) is 10.2 Å². The van der Waals surface area contributed by atoms with Crippen LogP contribution in [0.5, 0.6) is 11.5 Å². The second-order valence-electron chi connectivity index (χ2n) is 6.31. The first-order valence-corrected chi connectivity index (χ1v) is 8.69. The summed E-state index contributed by atoms with van der Waals surface area (Å²) in [7, 11) is 3.10. The number of hydrogen-bond acceptors (Lipinski definition) is 6. The molecule has 7 heteroatoms. The van der Waals surface area contributed by atoms with Gasteiger partial charge in [-0.1, -0.05) is 12.1 Å². The maximum absolute atomic E-state index is 14.0. The monoisotopic (exact) mass is 369 g/mol. The van der Waals surface area contributed by atoms with Gasteiger partial charge in [0.25, 0.3) is 0 Å². The fraction of sp³-hybridized carbons (Fsp3) is 0.300. The number of halogens is 1. The molecule has 2 heterocycles. The third-order valence-electron chi connectivity index (χ3n) is 4.79. The number of ether oxygens (including phenoxy) is 3. The van der Waals surface area contributed by atoms with Crippen molar-refractivity contribution in [1.29, 1.82) is 0 Å². The molecule has 27 heavy (non-hydrogen) atoms. The van der Waals surface area contributed by atoms with Gasteiger partial charge in [0, 0.05) is 24.5 Å². The Morgan fingerprint density at radius 1 is 1.15 bits per heavy atom. The SMILES string of the molecule is COc1ccc(C2CN(c3cnnc4cc(F)c(OC)cc34)CCO2)cc1. The van der Waals surface area contributed by atoms with Gasteiger partial charge in [0.05, 0.1) is 38.2 Å². The quantitative estimate of drug-likeness (QED) is 0.703. The minimum atomic E-state index is -0.450. The molecular formula is C20H20FN3O3. The maximum atomic E-state index is 14.0. The third kappa shape index (κ3) is 3.38. The molecule has 0 aliphatic carbocycles. The maximum Gasteiger partial charge on any atom is 0.167 e. The fourth-order valence-electron chi connectivity index (χ4n) is 3.34. The Balaban J connectivity index is 1.66. The van der Waals surface area contributed by atoms with Crippen LogP contribution in [0.1, 0.15) is 11.7 Å². The van der Waals surface area contributed by atoms with Gasteiger partial charge in [-0.05, 0) is 23.8 Å². The van der Waals surface area contributed by atoms with E-state index in [2.05, 4.69) is 15.1 Å². The summed E-state index contributed by atoms with van der Waals surface area (Å²) >= 11 is 0. The lowest BCUT2D eigenvalue weighted by Gasteiger charge is -2.35. The molecule has 1 saturated heterocycles. The molecule has 140 valence electrons. The molecule has 1 fully saturated rings. The first-order chi connectivity index (χ1) is 13.2. The van der Waals surface area contributed by atoms with Crippen LogP contribution in [-0.4, -0.2) is 44.1 Å². The van der Waals surface area contributed by atoms with Crippen molar-refractivity contribution in [3.8, 4) is 11.5 Å². The van der Waals surface area contributed by atoms with Crippen molar-refractivity contribution in [1.82, 2.24) is 10.2 Å². The smallest absolute Gasteiger partial charge is 0.167 e. The number of nitrogens with zero attached hydrogens (tertiary/aromatic N) is 3. The summed E-state index contributed by atoms with van der Waals surface area (Å²) in [5.41, 5.74) is 2.47. The van der Waals surface area contributed by atoms with Gasteiger partial charge in [0.2, 0.25) is 0 Å². The van der Waals surface area contributed by atoms with Gasteiger partial charge in [-0.25, -0.2) is 4.39 Å². The zero-order chi connectivity index (χ0) is 18.8. The summed E-state index contributed by atoms with van der Waals surface area (Å²) in [6.07, 6.45) is 1.63. The fourth-order valence-corrected chi connectivity index (χ4v) is 3.34. The number of methoxy groups -OCH3 is 2. The number of benzene rings is 2. The van der Waals surface area contributed by atoms with E-state index in [4.69, 9.17) is 14.2 Å². The van der Waals surface area contributed by atoms with Crippen molar-refractivity contribution in [3.63, 3.8) is 0 Å². The molecule has 0 spiro atoms. The highest BCUT2D eigenvalue weighted by Crippen LogP contribution is 2.33. The lowest BCUT2D eigenvalue weighted by atomic mass is 10.1. The predicted octanol–water partition coefficient (Wildman–Crippen LogP) is 3.36. The van der Waals surface area contributed by atoms with Gasteiger partial charge in [0.15, 0.2) is 11.6 Å². The minimum Gasteiger partial charge on any atom is -0.497 e. The van der Waals surface area contributed by atoms with Crippen molar-refractivity contribution < 1.29 is 18.6 Å². The molecule has 1 aliphatic heterocycles. The van der Waals surface area contributed by atoms with E-state index in [9.17, 15) is 4.39 Å². The van der Waals surface area contributed by atoms with Gasteiger partial charge in [0.1, 0.15) is 11.9 Å². The Morgan fingerprint density at radius 2 is 1.96 bits per heavy atom. The van der Waals surface area contributed by atoms with Crippen LogP contribution in [-0.2, 0) is 4.74 Å². The van der Waals surface area contributed by atoms with E-state index in [0.29, 0.717) is 25.2 Å².